The molecule has 0 rings (SSSR count). The minimum atomic E-state index is -0.0341. The minimum Gasteiger partial charge on any atom is -0.385 e. The van der Waals surface area contributed by atoms with Crippen molar-refractivity contribution in [1.29, 1.82) is 0 Å². The second-order valence-corrected chi connectivity index (χ2v) is 5.20. The molecule has 0 aromatic heterocycles. The molecule has 0 spiro atoms. The second kappa shape index (κ2) is 12.1. The van der Waals surface area contributed by atoms with Gasteiger partial charge in [-0.15, -0.1) is 0 Å². The zero-order valence-electron chi connectivity index (χ0n) is 14.5. The summed E-state index contributed by atoms with van der Waals surface area (Å²) in [6.07, 6.45) is 4.15. The van der Waals surface area contributed by atoms with Crippen molar-refractivity contribution >= 4 is 12.7 Å². The Hall–Kier alpha value is -1.44. The fourth-order valence-corrected chi connectivity index (χ4v) is 1.60. The van der Waals surface area contributed by atoms with Crippen molar-refractivity contribution in [2.45, 2.75) is 25.5 Å². The fraction of sp³-hybridized carbons (Fsp3) is 0.733. The van der Waals surface area contributed by atoms with Gasteiger partial charge in [-0.1, -0.05) is 6.58 Å². The van der Waals surface area contributed by atoms with Gasteiger partial charge in [-0.3, -0.25) is 0 Å². The summed E-state index contributed by atoms with van der Waals surface area (Å²) in [5.41, 5.74) is 5.59. The Morgan fingerprint density at radius 1 is 1.36 bits per heavy atom. The Labute approximate surface area is 134 Å². The normalized spacial score (nSPS) is 14.5. The van der Waals surface area contributed by atoms with Crippen molar-refractivity contribution in [3.05, 3.63) is 12.4 Å². The van der Waals surface area contributed by atoms with E-state index in [-0.39, 0.29) is 6.10 Å². The lowest BCUT2D eigenvalue weighted by atomic mass is 10.2. The van der Waals surface area contributed by atoms with Crippen molar-refractivity contribution in [1.82, 2.24) is 9.80 Å². The molecule has 2 atom stereocenters. The van der Waals surface area contributed by atoms with Crippen LogP contribution in [0.5, 0.6) is 0 Å². The molecule has 0 aliphatic heterocycles. The Bertz CT molecular complexity index is 356. The number of ether oxygens (including phenoxy) is 2. The predicted molar refractivity (Wildman–Crippen MR) is 92.3 cm³/mol. The van der Waals surface area contributed by atoms with Gasteiger partial charge in [0.05, 0.1) is 12.4 Å². The molecule has 0 amide bonds. The first-order valence-corrected chi connectivity index (χ1v) is 7.35. The Kier molecular flexibility index (Phi) is 11.3. The minimum absolute atomic E-state index is 0.0341. The van der Waals surface area contributed by atoms with Crippen LogP contribution < -0.4 is 5.73 Å². The number of hydrogen-bond acceptors (Lipinski definition) is 5. The topological polar surface area (TPSA) is 75.7 Å². The van der Waals surface area contributed by atoms with E-state index in [4.69, 9.17) is 15.2 Å². The van der Waals surface area contributed by atoms with Crippen LogP contribution in [0.3, 0.4) is 0 Å². The number of aliphatic imine (C=N–C) groups is 2. The Morgan fingerprint density at radius 2 is 2.05 bits per heavy atom. The smallest absolute Gasteiger partial charge is 0.122 e. The highest BCUT2D eigenvalue weighted by molar-refractivity contribution is 5.71. The summed E-state index contributed by atoms with van der Waals surface area (Å²) in [5, 5.41) is 0. The quantitative estimate of drug-likeness (QED) is 0.425. The maximum Gasteiger partial charge on any atom is 0.122 e. The lowest BCUT2D eigenvalue weighted by molar-refractivity contribution is 0.0865. The molecule has 0 fully saturated rings. The zero-order valence-corrected chi connectivity index (χ0v) is 14.5. The van der Waals surface area contributed by atoms with Crippen LogP contribution in [0, 0.1) is 0 Å². The average molecular weight is 313 g/mol. The van der Waals surface area contributed by atoms with Crippen molar-refractivity contribution in [2.75, 3.05) is 48.0 Å². The van der Waals surface area contributed by atoms with Crippen LogP contribution in [0.1, 0.15) is 13.3 Å². The molecule has 0 heterocycles. The van der Waals surface area contributed by atoms with Gasteiger partial charge < -0.3 is 25.0 Å². The number of hydrogen-bond donors (Lipinski definition) is 1. The number of nitrogens with two attached hydrogens (primary N) is 1. The zero-order chi connectivity index (χ0) is 17.0. The number of nitrogens with zero attached hydrogens (tertiary/aromatic N) is 4. The highest BCUT2D eigenvalue weighted by Gasteiger charge is 2.09. The van der Waals surface area contributed by atoms with Crippen molar-refractivity contribution < 1.29 is 9.47 Å². The van der Waals surface area contributed by atoms with Crippen molar-refractivity contribution in [3.8, 4) is 0 Å². The standard InChI is InChI=1S/C15H31N5O2/c1-13(7-8-21-5)20(4)12-17-11-18-14(2)19(3)10-15(9-16)22-6/h11-13,15H,2,7-10,16H2,1,3-6H3/b17-12+,18-11-/t13?,15-/m1/s1. The molecule has 7 nitrogen and oxygen atoms in total. The molecule has 0 saturated heterocycles. The molecular formula is C15H31N5O2. The summed E-state index contributed by atoms with van der Waals surface area (Å²) in [6, 6.07) is 0.356. The fourth-order valence-electron chi connectivity index (χ4n) is 1.60. The Balaban J connectivity index is 4.24. The molecule has 0 aliphatic carbocycles. The summed E-state index contributed by atoms with van der Waals surface area (Å²) in [7, 11) is 7.21. The largest absolute Gasteiger partial charge is 0.385 e. The maximum absolute atomic E-state index is 5.59. The average Bonchev–Trinajstić information content (AvgIpc) is 2.53. The number of rotatable bonds is 12. The highest BCUT2D eigenvalue weighted by Crippen LogP contribution is 2.02. The first-order chi connectivity index (χ1) is 10.5. The van der Waals surface area contributed by atoms with Crippen LogP contribution in [0.4, 0.5) is 0 Å². The van der Waals surface area contributed by atoms with Crippen LogP contribution in [0.25, 0.3) is 0 Å². The summed E-state index contributed by atoms with van der Waals surface area (Å²) >= 11 is 0. The van der Waals surface area contributed by atoms with Crippen LogP contribution in [-0.2, 0) is 9.47 Å². The molecule has 0 aliphatic rings. The van der Waals surface area contributed by atoms with E-state index in [9.17, 15) is 0 Å². The summed E-state index contributed by atoms with van der Waals surface area (Å²) in [6.45, 7) is 7.85. The van der Waals surface area contributed by atoms with E-state index in [2.05, 4.69) is 23.5 Å². The van der Waals surface area contributed by atoms with E-state index in [0.717, 1.165) is 13.0 Å². The van der Waals surface area contributed by atoms with Gasteiger partial charge in [-0.2, -0.15) is 0 Å². The van der Waals surface area contributed by atoms with Gasteiger partial charge in [0, 0.05) is 54.1 Å². The summed E-state index contributed by atoms with van der Waals surface area (Å²) < 4.78 is 10.3. The molecule has 0 radical (unpaired) electrons. The summed E-state index contributed by atoms with van der Waals surface area (Å²) in [5.74, 6) is 0.614. The second-order valence-electron chi connectivity index (χ2n) is 5.20. The van der Waals surface area contributed by atoms with Gasteiger partial charge in [0.2, 0.25) is 0 Å². The molecule has 2 N–H and O–H groups in total. The molecule has 7 heteroatoms. The van der Waals surface area contributed by atoms with Crippen LogP contribution in [0.2, 0.25) is 0 Å². The summed E-state index contributed by atoms with van der Waals surface area (Å²) in [4.78, 5) is 12.3. The maximum atomic E-state index is 5.59. The molecule has 1 unspecified atom stereocenters. The van der Waals surface area contributed by atoms with Gasteiger partial charge in [0.1, 0.15) is 12.2 Å². The Morgan fingerprint density at radius 3 is 2.59 bits per heavy atom. The molecule has 0 aromatic rings. The predicted octanol–water partition coefficient (Wildman–Crippen LogP) is 0.777. The molecular weight excluding hydrogens is 282 g/mol. The van der Waals surface area contributed by atoms with E-state index in [1.165, 1.54) is 6.34 Å². The van der Waals surface area contributed by atoms with Crippen LogP contribution >= 0.6 is 0 Å². The van der Waals surface area contributed by atoms with E-state index in [1.54, 1.807) is 20.6 Å². The van der Waals surface area contributed by atoms with E-state index in [0.29, 0.717) is 25.0 Å². The van der Waals surface area contributed by atoms with Crippen molar-refractivity contribution in [2.24, 2.45) is 15.7 Å². The van der Waals surface area contributed by atoms with Crippen LogP contribution in [0.15, 0.2) is 22.4 Å². The van der Waals surface area contributed by atoms with Gasteiger partial charge in [0.25, 0.3) is 0 Å². The SMILES string of the molecule is C=C(/N=C\N=C\N(C)C(C)CCOC)N(C)C[C@@H](CN)OC. The van der Waals surface area contributed by atoms with E-state index in [1.807, 2.05) is 23.9 Å². The first kappa shape index (κ1) is 20.6. The van der Waals surface area contributed by atoms with Gasteiger partial charge >= 0.3 is 0 Å². The van der Waals surface area contributed by atoms with Crippen LogP contribution in [-0.4, -0.2) is 82.6 Å². The lowest BCUT2D eigenvalue weighted by Gasteiger charge is -2.23. The third-order valence-corrected chi connectivity index (χ3v) is 3.47. The highest BCUT2D eigenvalue weighted by atomic mass is 16.5. The van der Waals surface area contributed by atoms with E-state index < -0.39 is 0 Å². The van der Waals surface area contributed by atoms with Gasteiger partial charge in [0.15, 0.2) is 0 Å². The number of methoxy groups -OCH3 is 2. The van der Waals surface area contributed by atoms with Gasteiger partial charge in [-0.05, 0) is 13.3 Å². The van der Waals surface area contributed by atoms with E-state index >= 15 is 0 Å². The third kappa shape index (κ3) is 8.76. The van der Waals surface area contributed by atoms with Gasteiger partial charge in [-0.25, -0.2) is 9.98 Å². The van der Waals surface area contributed by atoms with Crippen molar-refractivity contribution in [3.63, 3.8) is 0 Å². The molecule has 0 bridgehead atoms. The molecule has 128 valence electrons. The lowest BCUT2D eigenvalue weighted by Crippen LogP contribution is -2.34. The number of likely N-dealkylation sites (N-methyl/N-ethyl adjacent to an activating group) is 1. The molecule has 0 aromatic carbocycles. The molecule has 22 heavy (non-hydrogen) atoms. The first-order valence-electron chi connectivity index (χ1n) is 7.35. The molecule has 0 saturated carbocycles. The monoisotopic (exact) mass is 313 g/mol. The third-order valence-electron chi connectivity index (χ3n) is 3.47.